The molecule has 1 aliphatic rings. The summed E-state index contributed by atoms with van der Waals surface area (Å²) in [4.78, 5) is 37.0. The second-order valence-corrected chi connectivity index (χ2v) is 7.14. The molecule has 158 valence electrons. The highest BCUT2D eigenvalue weighted by Gasteiger charge is 2.26. The number of hydrogen-bond acceptors (Lipinski definition) is 8. The molecule has 1 amide bonds. The van der Waals surface area contributed by atoms with E-state index in [1.54, 1.807) is 12.4 Å². The van der Waals surface area contributed by atoms with Gasteiger partial charge in [-0.05, 0) is 20.3 Å². The van der Waals surface area contributed by atoms with Crippen LogP contribution in [0.25, 0.3) is 22.6 Å². The van der Waals surface area contributed by atoms with Crippen molar-refractivity contribution in [3.05, 3.63) is 24.5 Å². The Morgan fingerprint density at radius 3 is 2.57 bits per heavy atom. The fraction of sp³-hybridized carbons (Fsp3) is 0.500. The number of morpholine rings is 1. The molecule has 1 aliphatic heterocycles. The Morgan fingerprint density at radius 1 is 1.17 bits per heavy atom. The number of nitrogens with one attached hydrogen (secondary N) is 1. The van der Waals surface area contributed by atoms with E-state index in [4.69, 9.17) is 9.72 Å². The lowest BCUT2D eigenvalue weighted by Crippen LogP contribution is -2.47. The lowest BCUT2D eigenvalue weighted by atomic mass is 10.2. The fourth-order valence-electron chi connectivity index (χ4n) is 3.58. The summed E-state index contributed by atoms with van der Waals surface area (Å²) in [5, 5.41) is 3.30. The van der Waals surface area contributed by atoms with Crippen LogP contribution >= 0.6 is 0 Å². The van der Waals surface area contributed by atoms with Crippen LogP contribution in [0.5, 0.6) is 0 Å². The number of anilines is 1. The number of nitrogens with zero attached hydrogens (tertiary/aromatic N) is 7. The van der Waals surface area contributed by atoms with Crippen molar-refractivity contribution in [1.82, 2.24) is 34.4 Å². The predicted molar refractivity (Wildman–Crippen MR) is 112 cm³/mol. The van der Waals surface area contributed by atoms with Crippen molar-refractivity contribution in [2.45, 2.75) is 39.8 Å². The third-order valence-electron chi connectivity index (χ3n) is 5.23. The lowest BCUT2D eigenvalue weighted by molar-refractivity contribution is -0.136. The Labute approximate surface area is 174 Å². The number of aromatic nitrogens is 6. The third kappa shape index (κ3) is 3.82. The number of fused-ring (bicyclic) bond motifs is 1. The first-order valence-electron chi connectivity index (χ1n) is 10.3. The molecular formula is C20H26N8O2. The molecule has 4 heterocycles. The summed E-state index contributed by atoms with van der Waals surface area (Å²) in [5.41, 5.74) is 2.14. The number of rotatable bonds is 6. The number of carbonyl (C=O) groups is 1. The van der Waals surface area contributed by atoms with Gasteiger partial charge in [-0.2, -0.15) is 0 Å². The Morgan fingerprint density at radius 2 is 1.90 bits per heavy atom. The van der Waals surface area contributed by atoms with Gasteiger partial charge in [0.15, 0.2) is 17.0 Å². The van der Waals surface area contributed by atoms with Crippen LogP contribution in [0.15, 0.2) is 18.7 Å². The highest BCUT2D eigenvalue weighted by atomic mass is 16.5. The maximum atomic E-state index is 13.0. The van der Waals surface area contributed by atoms with Gasteiger partial charge in [-0.3, -0.25) is 4.79 Å². The van der Waals surface area contributed by atoms with Crippen LogP contribution in [0.2, 0.25) is 0 Å². The van der Waals surface area contributed by atoms with Gasteiger partial charge >= 0.3 is 0 Å². The number of ether oxygens (including phenoxy) is 1. The number of amides is 1. The molecule has 0 aromatic carbocycles. The summed E-state index contributed by atoms with van der Waals surface area (Å²) in [5.74, 6) is 2.03. The monoisotopic (exact) mass is 410 g/mol. The van der Waals surface area contributed by atoms with Crippen molar-refractivity contribution in [3.63, 3.8) is 0 Å². The normalized spacial score (nSPS) is 15.4. The van der Waals surface area contributed by atoms with Crippen LogP contribution in [0.3, 0.4) is 0 Å². The summed E-state index contributed by atoms with van der Waals surface area (Å²) in [6, 6.07) is -0.390. The van der Waals surface area contributed by atoms with Gasteiger partial charge in [-0.25, -0.2) is 24.9 Å². The van der Waals surface area contributed by atoms with Gasteiger partial charge < -0.3 is 19.5 Å². The summed E-state index contributed by atoms with van der Waals surface area (Å²) in [6.07, 6.45) is 5.65. The Bertz CT molecular complexity index is 1030. The van der Waals surface area contributed by atoms with Crippen LogP contribution in [0.1, 0.15) is 26.1 Å². The second kappa shape index (κ2) is 8.70. The average molecular weight is 410 g/mol. The van der Waals surface area contributed by atoms with Gasteiger partial charge in [0.25, 0.3) is 0 Å². The number of aryl methyl sites for hydroxylation is 2. The second-order valence-electron chi connectivity index (χ2n) is 7.14. The van der Waals surface area contributed by atoms with E-state index in [0.717, 1.165) is 11.4 Å². The van der Waals surface area contributed by atoms with Gasteiger partial charge in [-0.1, -0.05) is 6.92 Å². The molecule has 1 N–H and O–H groups in total. The van der Waals surface area contributed by atoms with Crippen molar-refractivity contribution in [2.24, 2.45) is 0 Å². The molecule has 0 unspecified atom stereocenters. The largest absolute Gasteiger partial charge is 0.378 e. The predicted octanol–water partition coefficient (Wildman–Crippen LogP) is 1.66. The number of hydrogen-bond donors (Lipinski definition) is 1. The summed E-state index contributed by atoms with van der Waals surface area (Å²) >= 11 is 0. The zero-order chi connectivity index (χ0) is 21.1. The van der Waals surface area contributed by atoms with Crippen molar-refractivity contribution >= 4 is 22.9 Å². The molecule has 30 heavy (non-hydrogen) atoms. The Hall–Kier alpha value is -3.14. The van der Waals surface area contributed by atoms with E-state index in [9.17, 15) is 4.79 Å². The van der Waals surface area contributed by atoms with Gasteiger partial charge in [0.05, 0.1) is 18.8 Å². The van der Waals surface area contributed by atoms with Gasteiger partial charge in [0.1, 0.15) is 24.0 Å². The third-order valence-corrected chi connectivity index (χ3v) is 5.23. The molecule has 1 atom stereocenters. The first-order valence-corrected chi connectivity index (χ1v) is 10.3. The van der Waals surface area contributed by atoms with Gasteiger partial charge in [0.2, 0.25) is 5.91 Å². The quantitative estimate of drug-likeness (QED) is 0.653. The highest BCUT2D eigenvalue weighted by molar-refractivity contribution is 5.90. The van der Waals surface area contributed by atoms with Crippen molar-refractivity contribution < 1.29 is 9.53 Å². The zero-order valence-corrected chi connectivity index (χ0v) is 17.5. The average Bonchev–Trinajstić information content (AvgIpc) is 3.17. The standard InChI is InChI=1S/C20H26N8O2/c1-4-15(20(29)27-6-8-30-9-7-27)25-17-16-19(24-12-23-17)28(5-2)18(26-16)14-10-21-13(3)22-11-14/h10-12,15H,4-9H2,1-3H3,(H,23,24,25)/t15-/m1/s1. The van der Waals surface area contributed by atoms with E-state index in [2.05, 4.69) is 25.3 Å². The van der Waals surface area contributed by atoms with Crippen LogP contribution in [0.4, 0.5) is 5.82 Å². The van der Waals surface area contributed by atoms with E-state index in [-0.39, 0.29) is 11.9 Å². The molecule has 3 aromatic rings. The van der Waals surface area contributed by atoms with Crippen LogP contribution in [0, 0.1) is 6.92 Å². The molecule has 0 radical (unpaired) electrons. The Kier molecular flexibility index (Phi) is 5.84. The zero-order valence-electron chi connectivity index (χ0n) is 17.5. The molecular weight excluding hydrogens is 384 g/mol. The minimum atomic E-state index is -0.390. The molecule has 0 aliphatic carbocycles. The summed E-state index contributed by atoms with van der Waals surface area (Å²) < 4.78 is 7.36. The lowest BCUT2D eigenvalue weighted by Gasteiger charge is -2.30. The van der Waals surface area contributed by atoms with Crippen LogP contribution in [-0.4, -0.2) is 72.6 Å². The van der Waals surface area contributed by atoms with E-state index in [1.807, 2.05) is 30.2 Å². The van der Waals surface area contributed by atoms with Gasteiger partial charge in [0, 0.05) is 32.0 Å². The first-order chi connectivity index (χ1) is 14.6. The Balaban J connectivity index is 1.69. The first kappa shape index (κ1) is 20.1. The number of imidazole rings is 1. The van der Waals surface area contributed by atoms with Crippen molar-refractivity contribution in [3.8, 4) is 11.4 Å². The minimum Gasteiger partial charge on any atom is -0.378 e. The summed E-state index contributed by atoms with van der Waals surface area (Å²) in [6.45, 7) is 8.90. The molecule has 10 nitrogen and oxygen atoms in total. The van der Waals surface area contributed by atoms with Crippen LogP contribution < -0.4 is 5.32 Å². The molecule has 0 bridgehead atoms. The van der Waals surface area contributed by atoms with Gasteiger partial charge in [-0.15, -0.1) is 0 Å². The summed E-state index contributed by atoms with van der Waals surface area (Å²) in [7, 11) is 0. The molecule has 0 spiro atoms. The molecule has 1 saturated heterocycles. The number of carbonyl (C=O) groups excluding carboxylic acids is 1. The molecule has 0 saturated carbocycles. The van der Waals surface area contributed by atoms with E-state index < -0.39 is 0 Å². The maximum Gasteiger partial charge on any atom is 0.245 e. The van der Waals surface area contributed by atoms with Crippen molar-refractivity contribution in [1.29, 1.82) is 0 Å². The van der Waals surface area contributed by atoms with Crippen LogP contribution in [-0.2, 0) is 16.1 Å². The molecule has 3 aromatic heterocycles. The van der Waals surface area contributed by atoms with Crippen molar-refractivity contribution in [2.75, 3.05) is 31.6 Å². The fourth-order valence-corrected chi connectivity index (χ4v) is 3.58. The highest BCUT2D eigenvalue weighted by Crippen LogP contribution is 2.27. The maximum absolute atomic E-state index is 13.0. The van der Waals surface area contributed by atoms with E-state index >= 15 is 0 Å². The SMILES string of the molecule is CC[C@@H](Nc1ncnc2c1nc(-c1cnc(C)nc1)n2CC)C(=O)N1CCOCC1. The topological polar surface area (TPSA) is 111 Å². The molecule has 4 rings (SSSR count). The van der Waals surface area contributed by atoms with E-state index in [1.165, 1.54) is 6.33 Å². The minimum absolute atomic E-state index is 0.0506. The molecule has 1 fully saturated rings. The smallest absolute Gasteiger partial charge is 0.245 e. The molecule has 10 heteroatoms. The van der Waals surface area contributed by atoms with E-state index in [0.29, 0.717) is 62.1 Å².